The van der Waals surface area contributed by atoms with Gasteiger partial charge in [0.15, 0.2) is 0 Å². The fraction of sp³-hybridized carbons (Fsp3) is 0.833. The monoisotopic (exact) mass is 100 g/mol. The van der Waals surface area contributed by atoms with Crippen LogP contribution in [-0.4, -0.2) is 24.5 Å². The van der Waals surface area contributed by atoms with Crippen LogP contribution in [0.25, 0.3) is 0 Å². The van der Waals surface area contributed by atoms with Gasteiger partial charge in [0, 0.05) is 6.04 Å². The minimum absolute atomic E-state index is 0.449. The highest BCUT2D eigenvalue weighted by molar-refractivity contribution is 4.61. The van der Waals surface area contributed by atoms with Crippen molar-refractivity contribution < 1.29 is 0 Å². The van der Waals surface area contributed by atoms with Gasteiger partial charge >= 0.3 is 0 Å². The van der Waals surface area contributed by atoms with Gasteiger partial charge < -0.3 is 4.90 Å². The number of rotatable bonds is 2. The van der Waals surface area contributed by atoms with Crippen LogP contribution in [0.2, 0.25) is 0 Å². The third kappa shape index (κ3) is 2.63. The molecule has 1 unspecified atom stereocenters. The second kappa shape index (κ2) is 3.03. The molecule has 0 aliphatic carbocycles. The first kappa shape index (κ1) is 6.96. The first-order chi connectivity index (χ1) is 3.18. The molecular weight excluding hydrogens is 86.1 g/mol. The fourth-order valence-corrected chi connectivity index (χ4v) is 0.312. The minimum Gasteiger partial charge on any atom is -0.304 e. The lowest BCUT2D eigenvalue weighted by Crippen LogP contribution is -2.25. The largest absolute Gasteiger partial charge is 0.304 e. The predicted octanol–water partition coefficient (Wildman–Crippen LogP) is 1.16. The van der Waals surface area contributed by atoms with E-state index in [2.05, 4.69) is 32.7 Å². The SMILES string of the molecule is [CH2]C(C)N(C)CC. The van der Waals surface area contributed by atoms with Crippen LogP contribution in [0.4, 0.5) is 0 Å². The summed E-state index contributed by atoms with van der Waals surface area (Å²) in [5.74, 6) is 0. The molecule has 0 aromatic rings. The molecule has 7 heavy (non-hydrogen) atoms. The molecule has 0 amide bonds. The van der Waals surface area contributed by atoms with E-state index in [1.54, 1.807) is 0 Å². The van der Waals surface area contributed by atoms with E-state index >= 15 is 0 Å². The highest BCUT2D eigenvalue weighted by Crippen LogP contribution is 1.88. The molecule has 1 radical (unpaired) electrons. The second-order valence-corrected chi connectivity index (χ2v) is 1.92. The number of nitrogens with zero attached hydrogens (tertiary/aromatic N) is 1. The summed E-state index contributed by atoms with van der Waals surface area (Å²) in [5.41, 5.74) is 0. The molecule has 1 heteroatoms. The van der Waals surface area contributed by atoms with Gasteiger partial charge in [-0.3, -0.25) is 0 Å². The molecule has 0 spiro atoms. The first-order valence-corrected chi connectivity index (χ1v) is 2.71. The summed E-state index contributed by atoms with van der Waals surface area (Å²) in [7, 11) is 2.07. The minimum atomic E-state index is 0.449. The molecule has 0 N–H and O–H groups in total. The van der Waals surface area contributed by atoms with E-state index in [4.69, 9.17) is 0 Å². The molecule has 0 heterocycles. The Morgan fingerprint density at radius 1 is 1.71 bits per heavy atom. The smallest absolute Gasteiger partial charge is 0.00643 e. The van der Waals surface area contributed by atoms with Gasteiger partial charge in [-0.1, -0.05) is 6.92 Å². The molecular formula is C6H14N. The van der Waals surface area contributed by atoms with Crippen molar-refractivity contribution in [1.82, 2.24) is 4.90 Å². The van der Waals surface area contributed by atoms with Crippen LogP contribution in [-0.2, 0) is 0 Å². The summed E-state index contributed by atoms with van der Waals surface area (Å²) in [6.07, 6.45) is 0. The molecule has 0 aliphatic rings. The lowest BCUT2D eigenvalue weighted by atomic mass is 10.3. The molecule has 0 saturated carbocycles. The van der Waals surface area contributed by atoms with Crippen molar-refractivity contribution >= 4 is 0 Å². The van der Waals surface area contributed by atoms with E-state index in [1.165, 1.54) is 0 Å². The Bertz CT molecular complexity index is 41.4. The van der Waals surface area contributed by atoms with Crippen molar-refractivity contribution in [3.8, 4) is 0 Å². The van der Waals surface area contributed by atoms with Crippen LogP contribution in [0, 0.1) is 6.92 Å². The Labute approximate surface area is 46.3 Å². The molecule has 0 saturated heterocycles. The summed E-state index contributed by atoms with van der Waals surface area (Å²) in [6.45, 7) is 9.14. The van der Waals surface area contributed by atoms with Crippen molar-refractivity contribution in [3.63, 3.8) is 0 Å². The Hall–Kier alpha value is -0.0400. The average Bonchev–Trinajstić information content (AvgIpc) is 1.65. The molecule has 0 aliphatic heterocycles. The summed E-state index contributed by atoms with van der Waals surface area (Å²) in [4.78, 5) is 2.18. The number of hydrogen-bond donors (Lipinski definition) is 0. The van der Waals surface area contributed by atoms with Crippen LogP contribution in [0.3, 0.4) is 0 Å². The molecule has 1 atom stereocenters. The van der Waals surface area contributed by atoms with E-state index in [1.807, 2.05) is 0 Å². The average molecular weight is 100 g/mol. The molecule has 0 rings (SSSR count). The molecule has 0 fully saturated rings. The third-order valence-corrected chi connectivity index (χ3v) is 1.25. The lowest BCUT2D eigenvalue weighted by Gasteiger charge is -2.17. The van der Waals surface area contributed by atoms with Crippen molar-refractivity contribution in [2.45, 2.75) is 19.9 Å². The van der Waals surface area contributed by atoms with Gasteiger partial charge in [0.25, 0.3) is 0 Å². The highest BCUT2D eigenvalue weighted by atomic mass is 15.1. The zero-order chi connectivity index (χ0) is 5.86. The maximum Gasteiger partial charge on any atom is 0.00643 e. The van der Waals surface area contributed by atoms with Crippen molar-refractivity contribution in [2.24, 2.45) is 0 Å². The molecule has 1 nitrogen and oxygen atoms in total. The van der Waals surface area contributed by atoms with Crippen molar-refractivity contribution in [1.29, 1.82) is 0 Å². The van der Waals surface area contributed by atoms with Crippen LogP contribution in [0.1, 0.15) is 13.8 Å². The maximum atomic E-state index is 3.84. The zero-order valence-corrected chi connectivity index (χ0v) is 5.44. The van der Waals surface area contributed by atoms with Gasteiger partial charge in [0.05, 0.1) is 0 Å². The van der Waals surface area contributed by atoms with Crippen LogP contribution < -0.4 is 0 Å². The normalized spacial score (nSPS) is 11.1. The third-order valence-electron chi connectivity index (χ3n) is 1.25. The Balaban J connectivity index is 3.14. The van der Waals surface area contributed by atoms with E-state index in [-0.39, 0.29) is 0 Å². The summed E-state index contributed by atoms with van der Waals surface area (Å²) < 4.78 is 0. The summed E-state index contributed by atoms with van der Waals surface area (Å²) >= 11 is 0. The molecule has 0 aromatic heterocycles. The van der Waals surface area contributed by atoms with Gasteiger partial charge in [-0.15, -0.1) is 0 Å². The van der Waals surface area contributed by atoms with Crippen LogP contribution in [0.5, 0.6) is 0 Å². The quantitative estimate of drug-likeness (QED) is 0.503. The van der Waals surface area contributed by atoms with Gasteiger partial charge in [0.2, 0.25) is 0 Å². The van der Waals surface area contributed by atoms with E-state index in [9.17, 15) is 0 Å². The van der Waals surface area contributed by atoms with Gasteiger partial charge in [0.1, 0.15) is 0 Å². The Kier molecular flexibility index (Phi) is 3.01. The van der Waals surface area contributed by atoms with Gasteiger partial charge in [-0.25, -0.2) is 0 Å². The number of hydrogen-bond acceptors (Lipinski definition) is 1. The molecule has 0 bridgehead atoms. The predicted molar refractivity (Wildman–Crippen MR) is 33.1 cm³/mol. The highest BCUT2D eigenvalue weighted by Gasteiger charge is 1.95. The molecule has 0 aromatic carbocycles. The van der Waals surface area contributed by atoms with Crippen LogP contribution in [0.15, 0.2) is 0 Å². The van der Waals surface area contributed by atoms with Crippen molar-refractivity contribution in [3.05, 3.63) is 6.92 Å². The topological polar surface area (TPSA) is 3.24 Å². The van der Waals surface area contributed by atoms with E-state index in [0.717, 1.165) is 6.54 Å². The zero-order valence-electron chi connectivity index (χ0n) is 5.44. The first-order valence-electron chi connectivity index (χ1n) is 2.71. The fourth-order valence-electron chi connectivity index (χ4n) is 0.312. The Morgan fingerprint density at radius 2 is 2.14 bits per heavy atom. The second-order valence-electron chi connectivity index (χ2n) is 1.92. The lowest BCUT2D eigenvalue weighted by molar-refractivity contribution is 0.311. The van der Waals surface area contributed by atoms with Gasteiger partial charge in [-0.05, 0) is 27.4 Å². The molecule has 43 valence electrons. The summed E-state index contributed by atoms with van der Waals surface area (Å²) in [6, 6.07) is 0.449. The van der Waals surface area contributed by atoms with E-state index < -0.39 is 0 Å². The summed E-state index contributed by atoms with van der Waals surface area (Å²) in [5, 5.41) is 0. The van der Waals surface area contributed by atoms with Crippen LogP contribution >= 0.6 is 0 Å². The van der Waals surface area contributed by atoms with Crippen molar-refractivity contribution in [2.75, 3.05) is 13.6 Å². The standard InChI is InChI=1S/C6H14N/c1-5-7(4)6(2)3/h6H,2,5H2,1,3-4H3. The van der Waals surface area contributed by atoms with Gasteiger partial charge in [-0.2, -0.15) is 0 Å². The maximum absolute atomic E-state index is 3.84. The van der Waals surface area contributed by atoms with E-state index in [0.29, 0.717) is 6.04 Å². The Morgan fingerprint density at radius 3 is 2.14 bits per heavy atom.